The van der Waals surface area contributed by atoms with Gasteiger partial charge in [-0.15, -0.1) is 7.94 Å². The van der Waals surface area contributed by atoms with E-state index in [1.165, 1.54) is 12.1 Å². The summed E-state index contributed by atoms with van der Waals surface area (Å²) in [6.45, 7) is 0. The maximum atomic E-state index is 10.7. The third kappa shape index (κ3) is 4.24. The van der Waals surface area contributed by atoms with Crippen LogP contribution in [0.2, 0.25) is 0 Å². The minimum atomic E-state index is -4.67. The van der Waals surface area contributed by atoms with Gasteiger partial charge in [-0.05, 0) is 59.9 Å². The van der Waals surface area contributed by atoms with E-state index in [0.717, 1.165) is 0 Å². The Balaban J connectivity index is 0.00000169. The molecule has 0 fully saturated rings. The van der Waals surface area contributed by atoms with E-state index in [4.69, 9.17) is 0 Å². The van der Waals surface area contributed by atoms with Gasteiger partial charge < -0.3 is 14.7 Å². The molecule has 0 amide bonds. The first kappa shape index (κ1) is 16.2. The SMILES string of the molecule is [Ca+2].[O-][P+]([O-])([O-])c1cc(Br)c(Br)c(Br)c1. The summed E-state index contributed by atoms with van der Waals surface area (Å²) in [5.74, 6) is 0. The summed E-state index contributed by atoms with van der Waals surface area (Å²) in [5.41, 5.74) is 0. The van der Waals surface area contributed by atoms with E-state index in [1.807, 2.05) is 0 Å². The summed E-state index contributed by atoms with van der Waals surface area (Å²) < 4.78 is 1.71. The van der Waals surface area contributed by atoms with E-state index in [-0.39, 0.29) is 43.0 Å². The minimum absolute atomic E-state index is 0. The molecule has 0 spiro atoms. The zero-order valence-corrected chi connectivity index (χ0v) is 14.5. The van der Waals surface area contributed by atoms with Crippen molar-refractivity contribution in [2.24, 2.45) is 0 Å². The van der Waals surface area contributed by atoms with E-state index < -0.39 is 7.94 Å². The third-order valence-electron chi connectivity index (χ3n) is 1.28. The Morgan fingerprint density at radius 3 is 1.57 bits per heavy atom. The Morgan fingerprint density at radius 2 is 1.29 bits per heavy atom. The van der Waals surface area contributed by atoms with Gasteiger partial charge in [0.25, 0.3) is 0 Å². The molecule has 0 aliphatic rings. The number of hydrogen-bond acceptors (Lipinski definition) is 3. The average molecular weight is 433 g/mol. The number of rotatable bonds is 1. The van der Waals surface area contributed by atoms with Crippen LogP contribution in [0.3, 0.4) is 0 Å². The summed E-state index contributed by atoms with van der Waals surface area (Å²) in [6, 6.07) is 2.52. The quantitative estimate of drug-likeness (QED) is 0.358. The molecule has 0 unspecified atom stereocenters. The Hall–Kier alpha value is 2.23. The van der Waals surface area contributed by atoms with Crippen molar-refractivity contribution in [3.8, 4) is 0 Å². The standard InChI is InChI=1S/C6H4Br3O3P.Ca/c7-4-1-3(13(10,11)12)2-5(8)6(4)9;/h1-2H,(H2,10,11,12);/q;+2/p-2. The maximum absolute atomic E-state index is 10.7. The van der Waals surface area contributed by atoms with Crippen LogP contribution >= 0.6 is 55.7 Å². The fourth-order valence-corrected chi connectivity index (χ4v) is 3.04. The molecular weight excluding hydrogens is 431 g/mol. The van der Waals surface area contributed by atoms with Crippen LogP contribution in [-0.4, -0.2) is 37.7 Å². The molecule has 0 saturated heterocycles. The van der Waals surface area contributed by atoms with Crippen molar-refractivity contribution in [2.75, 3.05) is 0 Å². The van der Waals surface area contributed by atoms with Gasteiger partial charge in [-0.25, -0.2) is 0 Å². The van der Waals surface area contributed by atoms with Crippen molar-refractivity contribution in [3.05, 3.63) is 25.6 Å². The molecule has 0 aliphatic heterocycles. The third-order valence-corrected chi connectivity index (χ3v) is 5.34. The first-order chi connectivity index (χ1) is 5.82. The van der Waals surface area contributed by atoms with Gasteiger partial charge in [0.1, 0.15) is 0 Å². The molecule has 72 valence electrons. The smallest absolute Gasteiger partial charge is 0.683 e. The van der Waals surface area contributed by atoms with Crippen LogP contribution in [0.25, 0.3) is 0 Å². The number of benzene rings is 1. The van der Waals surface area contributed by atoms with Crippen LogP contribution in [0, 0.1) is 0 Å². The fourth-order valence-electron chi connectivity index (χ4n) is 0.700. The molecule has 1 rings (SSSR count). The summed E-state index contributed by atoms with van der Waals surface area (Å²) in [4.78, 5) is 32.0. The molecule has 0 bridgehead atoms. The van der Waals surface area contributed by atoms with Crippen molar-refractivity contribution in [3.63, 3.8) is 0 Å². The Bertz CT molecular complexity index is 319. The van der Waals surface area contributed by atoms with Gasteiger partial charge in [-0.1, -0.05) is 0 Å². The van der Waals surface area contributed by atoms with Crippen molar-refractivity contribution < 1.29 is 14.7 Å². The first-order valence-electron chi connectivity index (χ1n) is 2.99. The van der Waals surface area contributed by atoms with Gasteiger partial charge in [-0.3, -0.25) is 0 Å². The van der Waals surface area contributed by atoms with Crippen molar-refractivity contribution >= 4 is 98.8 Å². The zero-order valence-electron chi connectivity index (χ0n) is 6.67. The van der Waals surface area contributed by atoms with Gasteiger partial charge >= 0.3 is 37.7 Å². The Labute approximate surface area is 137 Å². The molecular formula is C6H2Br3CaO3P. The first-order valence-corrected chi connectivity index (χ1v) is 6.91. The normalized spacial score (nSPS) is 11.0. The fraction of sp³-hybridized carbons (Fsp3) is 0. The van der Waals surface area contributed by atoms with Gasteiger partial charge in [0.05, 0.1) is 5.30 Å². The van der Waals surface area contributed by atoms with Gasteiger partial charge in [0, 0.05) is 13.4 Å². The molecule has 3 nitrogen and oxygen atoms in total. The molecule has 1 aromatic carbocycles. The summed E-state index contributed by atoms with van der Waals surface area (Å²) in [7, 11) is -4.67. The number of hydrogen-bond donors (Lipinski definition) is 0. The van der Waals surface area contributed by atoms with Crippen LogP contribution in [0.15, 0.2) is 25.6 Å². The van der Waals surface area contributed by atoms with E-state index in [2.05, 4.69) is 47.8 Å². The van der Waals surface area contributed by atoms with E-state index in [9.17, 15) is 14.7 Å². The van der Waals surface area contributed by atoms with Gasteiger partial charge in [0.15, 0.2) is 0 Å². The van der Waals surface area contributed by atoms with E-state index in [0.29, 0.717) is 13.4 Å². The minimum Gasteiger partial charge on any atom is -0.683 e. The second-order valence-electron chi connectivity index (χ2n) is 2.22. The molecule has 8 heteroatoms. The van der Waals surface area contributed by atoms with Crippen LogP contribution in [0.1, 0.15) is 0 Å². The topological polar surface area (TPSA) is 69.2 Å². The van der Waals surface area contributed by atoms with Crippen LogP contribution in [0.4, 0.5) is 0 Å². The van der Waals surface area contributed by atoms with Crippen molar-refractivity contribution in [1.29, 1.82) is 0 Å². The molecule has 0 radical (unpaired) electrons. The molecule has 1 aromatic rings. The summed E-state index contributed by atoms with van der Waals surface area (Å²) >= 11 is 9.42. The molecule has 0 aromatic heterocycles. The zero-order chi connectivity index (χ0) is 10.2. The molecule has 0 aliphatic carbocycles. The second kappa shape index (κ2) is 6.24. The molecule has 0 saturated carbocycles. The van der Waals surface area contributed by atoms with Gasteiger partial charge in [0.2, 0.25) is 0 Å². The van der Waals surface area contributed by atoms with E-state index in [1.54, 1.807) is 0 Å². The van der Waals surface area contributed by atoms with Crippen LogP contribution in [0.5, 0.6) is 0 Å². The van der Waals surface area contributed by atoms with Crippen LogP contribution in [-0.2, 0) is 0 Å². The predicted octanol–water partition coefficient (Wildman–Crippen LogP) is 0.0621. The summed E-state index contributed by atoms with van der Waals surface area (Å²) in [6.07, 6.45) is 0. The second-order valence-corrected chi connectivity index (χ2v) is 6.23. The maximum Gasteiger partial charge on any atom is 2.00 e. The molecule has 0 atom stereocenters. The van der Waals surface area contributed by atoms with Crippen LogP contribution < -0.4 is 20.0 Å². The monoisotopic (exact) mass is 430 g/mol. The molecule has 0 heterocycles. The van der Waals surface area contributed by atoms with Gasteiger partial charge in [-0.2, -0.15) is 0 Å². The predicted molar refractivity (Wildman–Crippen MR) is 61.9 cm³/mol. The van der Waals surface area contributed by atoms with Crippen molar-refractivity contribution in [2.45, 2.75) is 0 Å². The number of halogens is 3. The van der Waals surface area contributed by atoms with E-state index >= 15 is 0 Å². The average Bonchev–Trinajstić information content (AvgIpc) is 1.97. The van der Waals surface area contributed by atoms with Crippen molar-refractivity contribution in [1.82, 2.24) is 0 Å². The largest absolute Gasteiger partial charge is 2.00 e. The Kier molecular flexibility index (Phi) is 7.23. The molecule has 14 heavy (non-hydrogen) atoms. The summed E-state index contributed by atoms with van der Waals surface area (Å²) in [5, 5.41) is -0.241. The molecule has 0 N–H and O–H groups in total. The Morgan fingerprint density at radius 1 is 0.929 bits per heavy atom.